The van der Waals surface area contributed by atoms with Gasteiger partial charge in [-0.05, 0) is 55.2 Å². The summed E-state index contributed by atoms with van der Waals surface area (Å²) in [6.07, 6.45) is 1.99. The third-order valence-corrected chi connectivity index (χ3v) is 4.58. The number of hydrogen-bond donors (Lipinski definition) is 2. The number of anilines is 1. The largest absolute Gasteiger partial charge is 0.337 e. The molecule has 5 heteroatoms. The van der Waals surface area contributed by atoms with E-state index in [1.165, 1.54) is 12.1 Å². The first-order chi connectivity index (χ1) is 11.0. The van der Waals surface area contributed by atoms with Crippen LogP contribution in [0.5, 0.6) is 0 Å². The Balaban J connectivity index is 1.61. The fourth-order valence-corrected chi connectivity index (χ4v) is 2.84. The molecular formula is C18H18ClFN2O. The molecule has 1 aliphatic rings. The van der Waals surface area contributed by atoms with Crippen molar-refractivity contribution in [3.8, 4) is 0 Å². The highest BCUT2D eigenvalue weighted by Crippen LogP contribution is 2.47. The number of nitrogens with one attached hydrogen (secondary N) is 2. The summed E-state index contributed by atoms with van der Waals surface area (Å²) >= 11 is 5.95. The summed E-state index contributed by atoms with van der Waals surface area (Å²) in [7, 11) is 0. The molecule has 2 amide bonds. The van der Waals surface area contributed by atoms with Crippen LogP contribution in [0.15, 0.2) is 42.5 Å². The number of urea groups is 1. The molecule has 3 nitrogen and oxygen atoms in total. The lowest BCUT2D eigenvalue weighted by Gasteiger charge is -2.17. The van der Waals surface area contributed by atoms with Crippen LogP contribution >= 0.6 is 11.6 Å². The van der Waals surface area contributed by atoms with Gasteiger partial charge in [-0.2, -0.15) is 0 Å². The van der Waals surface area contributed by atoms with Crippen LogP contribution < -0.4 is 10.6 Å². The highest BCUT2D eigenvalue weighted by atomic mass is 35.5. The van der Waals surface area contributed by atoms with Crippen molar-refractivity contribution in [3.63, 3.8) is 0 Å². The molecule has 1 saturated carbocycles. The number of amides is 2. The zero-order chi connectivity index (χ0) is 16.4. The maximum absolute atomic E-state index is 13.0. The predicted molar refractivity (Wildman–Crippen MR) is 90.5 cm³/mol. The summed E-state index contributed by atoms with van der Waals surface area (Å²) in [6.45, 7) is 2.44. The summed E-state index contributed by atoms with van der Waals surface area (Å²) in [5, 5.41) is 6.30. The molecule has 0 radical (unpaired) electrons. The number of halogens is 2. The van der Waals surface area contributed by atoms with Gasteiger partial charge in [-0.3, -0.25) is 0 Å². The number of hydrogen-bond acceptors (Lipinski definition) is 1. The third kappa shape index (κ3) is 3.64. The lowest BCUT2D eigenvalue weighted by molar-refractivity contribution is 0.251. The molecule has 2 N–H and O–H groups in total. The Bertz CT molecular complexity index is 726. The second-order valence-electron chi connectivity index (χ2n) is 6.05. The second-order valence-corrected chi connectivity index (χ2v) is 6.49. The quantitative estimate of drug-likeness (QED) is 0.841. The van der Waals surface area contributed by atoms with Gasteiger partial charge in [0.15, 0.2) is 0 Å². The van der Waals surface area contributed by atoms with Gasteiger partial charge in [0.1, 0.15) is 5.82 Å². The Morgan fingerprint density at radius 3 is 2.57 bits per heavy atom. The van der Waals surface area contributed by atoms with Crippen LogP contribution in [-0.4, -0.2) is 12.6 Å². The smallest absolute Gasteiger partial charge is 0.319 e. The molecule has 0 bridgehead atoms. The average Bonchev–Trinajstić information content (AvgIpc) is 3.31. The van der Waals surface area contributed by atoms with E-state index in [-0.39, 0.29) is 17.3 Å². The number of carbonyl (C=O) groups is 1. The molecule has 3 rings (SSSR count). The van der Waals surface area contributed by atoms with Crippen LogP contribution in [0.4, 0.5) is 14.9 Å². The van der Waals surface area contributed by atoms with Gasteiger partial charge < -0.3 is 10.6 Å². The van der Waals surface area contributed by atoms with Gasteiger partial charge in [0.2, 0.25) is 0 Å². The van der Waals surface area contributed by atoms with Crippen LogP contribution in [0.3, 0.4) is 0 Å². The van der Waals surface area contributed by atoms with Crippen LogP contribution in [0.1, 0.15) is 24.0 Å². The van der Waals surface area contributed by atoms with Crippen molar-refractivity contribution >= 4 is 23.3 Å². The first kappa shape index (κ1) is 15.8. The van der Waals surface area contributed by atoms with E-state index in [0.29, 0.717) is 17.3 Å². The normalized spacial score (nSPS) is 15.1. The number of rotatable bonds is 4. The minimum atomic E-state index is -0.260. The summed E-state index contributed by atoms with van der Waals surface area (Å²) in [5.74, 6) is -0.244. The van der Waals surface area contributed by atoms with Crippen molar-refractivity contribution in [2.75, 3.05) is 11.9 Å². The standard InChI is InChI=1S/C18H18ClFN2O/c1-12-2-5-14(19)10-16(12)22-17(23)21-11-18(8-9-18)13-3-6-15(20)7-4-13/h2-7,10H,8-9,11H2,1H3,(H2,21,22,23). The molecule has 0 heterocycles. The van der Waals surface area contributed by atoms with Crippen LogP contribution in [0.2, 0.25) is 5.02 Å². The van der Waals surface area contributed by atoms with E-state index >= 15 is 0 Å². The monoisotopic (exact) mass is 332 g/mol. The summed E-state index contributed by atoms with van der Waals surface area (Å²) in [6, 6.07) is 11.6. The molecule has 2 aromatic carbocycles. The summed E-state index contributed by atoms with van der Waals surface area (Å²) in [4.78, 5) is 12.1. The molecule has 0 saturated heterocycles. The molecule has 0 spiro atoms. The Hall–Kier alpha value is -2.07. The average molecular weight is 333 g/mol. The van der Waals surface area contributed by atoms with Crippen molar-refractivity contribution < 1.29 is 9.18 Å². The van der Waals surface area contributed by atoms with Crippen molar-refractivity contribution in [3.05, 3.63) is 64.4 Å². The zero-order valence-electron chi connectivity index (χ0n) is 12.8. The number of benzene rings is 2. The Labute approximate surface area is 139 Å². The first-order valence-corrected chi connectivity index (χ1v) is 7.93. The van der Waals surface area contributed by atoms with Gasteiger partial charge >= 0.3 is 6.03 Å². The maximum Gasteiger partial charge on any atom is 0.319 e. The van der Waals surface area contributed by atoms with E-state index in [1.807, 2.05) is 13.0 Å². The minimum Gasteiger partial charge on any atom is -0.337 e. The van der Waals surface area contributed by atoms with Crippen molar-refractivity contribution in [1.29, 1.82) is 0 Å². The van der Waals surface area contributed by atoms with Crippen LogP contribution in [-0.2, 0) is 5.41 Å². The van der Waals surface area contributed by atoms with E-state index in [1.54, 1.807) is 24.3 Å². The van der Waals surface area contributed by atoms with Gasteiger partial charge in [-0.25, -0.2) is 9.18 Å². The highest BCUT2D eigenvalue weighted by Gasteiger charge is 2.44. The first-order valence-electron chi connectivity index (χ1n) is 7.56. The van der Waals surface area contributed by atoms with Crippen molar-refractivity contribution in [2.24, 2.45) is 0 Å². The lowest BCUT2D eigenvalue weighted by atomic mass is 9.96. The maximum atomic E-state index is 13.0. The molecular weight excluding hydrogens is 315 g/mol. The Morgan fingerprint density at radius 2 is 1.91 bits per heavy atom. The van der Waals surface area contributed by atoms with E-state index in [2.05, 4.69) is 10.6 Å². The van der Waals surface area contributed by atoms with Crippen molar-refractivity contribution in [1.82, 2.24) is 5.32 Å². The number of aryl methyl sites for hydroxylation is 1. The molecule has 120 valence electrons. The van der Waals surface area contributed by atoms with E-state index in [9.17, 15) is 9.18 Å². The molecule has 0 aromatic heterocycles. The van der Waals surface area contributed by atoms with Gasteiger partial charge in [0.05, 0.1) is 0 Å². The molecule has 1 aliphatic carbocycles. The molecule has 1 fully saturated rings. The summed E-state index contributed by atoms with van der Waals surface area (Å²) < 4.78 is 13.0. The van der Waals surface area contributed by atoms with Crippen molar-refractivity contribution in [2.45, 2.75) is 25.2 Å². The van der Waals surface area contributed by atoms with Gasteiger partial charge in [-0.1, -0.05) is 29.8 Å². The van der Waals surface area contributed by atoms with Gasteiger partial charge in [0, 0.05) is 22.7 Å². The van der Waals surface area contributed by atoms with E-state index in [0.717, 1.165) is 24.0 Å². The molecule has 0 unspecified atom stereocenters. The Kier molecular flexibility index (Phi) is 4.26. The fraction of sp³-hybridized carbons (Fsp3) is 0.278. The number of carbonyl (C=O) groups excluding carboxylic acids is 1. The molecule has 0 aliphatic heterocycles. The minimum absolute atomic E-state index is 0.0611. The fourth-order valence-electron chi connectivity index (χ4n) is 2.67. The van der Waals surface area contributed by atoms with Crippen LogP contribution in [0.25, 0.3) is 0 Å². The van der Waals surface area contributed by atoms with Crippen LogP contribution in [0, 0.1) is 12.7 Å². The SMILES string of the molecule is Cc1ccc(Cl)cc1NC(=O)NCC1(c2ccc(F)cc2)CC1. The van der Waals surface area contributed by atoms with E-state index in [4.69, 9.17) is 11.6 Å². The third-order valence-electron chi connectivity index (χ3n) is 4.35. The highest BCUT2D eigenvalue weighted by molar-refractivity contribution is 6.31. The molecule has 23 heavy (non-hydrogen) atoms. The second kappa shape index (κ2) is 6.20. The van der Waals surface area contributed by atoms with E-state index < -0.39 is 0 Å². The lowest BCUT2D eigenvalue weighted by Crippen LogP contribution is -2.35. The molecule has 0 atom stereocenters. The Morgan fingerprint density at radius 1 is 1.22 bits per heavy atom. The van der Waals surface area contributed by atoms with Gasteiger partial charge in [-0.15, -0.1) is 0 Å². The summed E-state index contributed by atoms with van der Waals surface area (Å²) in [5.41, 5.74) is 2.65. The predicted octanol–water partition coefficient (Wildman–Crippen LogP) is 4.64. The molecule has 2 aromatic rings. The topological polar surface area (TPSA) is 41.1 Å². The van der Waals surface area contributed by atoms with Gasteiger partial charge in [0.25, 0.3) is 0 Å². The zero-order valence-corrected chi connectivity index (χ0v) is 13.6.